The molecule has 6 aliphatic rings. The summed E-state index contributed by atoms with van der Waals surface area (Å²) in [5.41, 5.74) is 12.1. The summed E-state index contributed by atoms with van der Waals surface area (Å²) in [6.07, 6.45) is 13.8. The summed E-state index contributed by atoms with van der Waals surface area (Å²) >= 11 is 0. The van der Waals surface area contributed by atoms with Crippen LogP contribution in [0.1, 0.15) is 217 Å². The zero-order valence-electron chi connectivity index (χ0n) is 46.3. The molecule has 0 spiro atoms. The van der Waals surface area contributed by atoms with Crippen LogP contribution in [0, 0.1) is 11.3 Å². The number of carbonyl (C=O) groups is 1. The predicted molar refractivity (Wildman–Crippen MR) is 290 cm³/mol. The molecule has 0 aromatic rings. The maximum atomic E-state index is 13.8. The SMILES string of the molecule is C.C.CC(C)(C)C1CCNC1=O.CC(C)(C)N1CCCC(N)C1.CC(C)(C)N1CCNCC1.CC(C)(C)NC1CCCCC1.CC1(F)CC(N)CN(C(C)(C)C)C1.CN(C1CC1)C(C)(C)C. The van der Waals surface area contributed by atoms with Gasteiger partial charge in [0.2, 0.25) is 5.91 Å². The van der Waals surface area contributed by atoms with Crippen LogP contribution in [0.2, 0.25) is 0 Å². The van der Waals surface area contributed by atoms with Gasteiger partial charge in [0.15, 0.2) is 0 Å². The Morgan fingerprint density at radius 1 is 0.636 bits per heavy atom. The second kappa shape index (κ2) is 28.8. The van der Waals surface area contributed by atoms with Crippen molar-refractivity contribution in [1.82, 2.24) is 35.6 Å². The topological polar surface area (TPSA) is 118 Å². The number of hydrogen-bond acceptors (Lipinski definition) is 9. The van der Waals surface area contributed by atoms with E-state index in [-0.39, 0.29) is 43.7 Å². The number of likely N-dealkylation sites (tertiary alicyclic amines) is 2. The Bertz CT molecular complexity index is 1270. The lowest BCUT2D eigenvalue weighted by Crippen LogP contribution is -2.58. The average molecular weight is 943 g/mol. The number of nitrogens with zero attached hydrogens (tertiary/aromatic N) is 4. The minimum atomic E-state index is -1.12. The molecule has 0 aromatic heterocycles. The molecule has 4 heterocycles. The van der Waals surface area contributed by atoms with E-state index in [1.807, 2.05) is 0 Å². The van der Waals surface area contributed by atoms with Crippen LogP contribution in [0.15, 0.2) is 0 Å². The van der Waals surface area contributed by atoms with E-state index in [4.69, 9.17) is 11.5 Å². The van der Waals surface area contributed by atoms with Crippen LogP contribution in [-0.2, 0) is 4.79 Å². The van der Waals surface area contributed by atoms with Crippen molar-refractivity contribution in [3.8, 4) is 0 Å². The molecule has 6 rings (SSSR count). The number of amides is 1. The predicted octanol–water partition coefficient (Wildman–Crippen LogP) is 10.5. The van der Waals surface area contributed by atoms with E-state index in [9.17, 15) is 9.18 Å². The van der Waals surface area contributed by atoms with Gasteiger partial charge in [0.1, 0.15) is 5.67 Å². The first-order valence-electron chi connectivity index (χ1n) is 25.9. The van der Waals surface area contributed by atoms with Crippen LogP contribution in [-0.4, -0.2) is 149 Å². The van der Waals surface area contributed by atoms with Crippen molar-refractivity contribution in [3.63, 3.8) is 0 Å². The molecule has 1 amide bonds. The molecular weight excluding hydrogens is 822 g/mol. The lowest BCUT2D eigenvalue weighted by atomic mass is 9.80. The Morgan fingerprint density at radius 3 is 1.42 bits per heavy atom. The van der Waals surface area contributed by atoms with Crippen molar-refractivity contribution in [1.29, 1.82) is 0 Å². The minimum Gasteiger partial charge on any atom is -0.356 e. The number of hydrogen-bond donors (Lipinski definition) is 5. The van der Waals surface area contributed by atoms with Crippen LogP contribution in [0.3, 0.4) is 0 Å². The van der Waals surface area contributed by atoms with Crippen molar-refractivity contribution in [2.45, 2.75) is 275 Å². The molecule has 398 valence electrons. The third-order valence-corrected chi connectivity index (χ3v) is 13.6. The summed E-state index contributed by atoms with van der Waals surface area (Å²) in [6.45, 7) is 50.6. The second-order valence-electron chi connectivity index (χ2n) is 26.6. The second-order valence-corrected chi connectivity index (χ2v) is 26.6. The lowest BCUT2D eigenvalue weighted by Gasteiger charge is -2.45. The highest BCUT2D eigenvalue weighted by atomic mass is 19.1. The summed E-state index contributed by atoms with van der Waals surface area (Å²) in [5, 5.41) is 9.84. The first-order valence-corrected chi connectivity index (χ1v) is 25.9. The molecule has 0 bridgehead atoms. The molecule has 2 aliphatic carbocycles. The Labute approximate surface area is 412 Å². The highest BCUT2D eigenvalue weighted by Gasteiger charge is 2.39. The summed E-state index contributed by atoms with van der Waals surface area (Å²) in [4.78, 5) is 20.7. The van der Waals surface area contributed by atoms with Crippen molar-refractivity contribution in [2.24, 2.45) is 22.8 Å². The first-order chi connectivity index (χ1) is 28.9. The standard InChI is InChI=1S/C10H21FN2.C10H21N.C9H20N2.C8H18N2.C8H15NO.C8H17N.2CH4/c1-9(2,3)13-6-8(12)5-10(4,11)7-13;1-10(2,3)11-9-7-5-4-6-8-9;1-9(2,3)11-6-4-5-8(10)7-11;1-8(2,3)10-6-4-9-5-7-10;1-8(2,3)6-4-5-9-7(6)10;1-8(2,3)9(4)7-5-6-7;;/h8H,5-7,12H2,1-4H3;9,11H,4-8H2,1-3H3;8H,4-7,10H2,1-3H3;9H,4-7H2,1-3H3;6H,4-5H2,1-3H3,(H,9,10);7H,5-6H2,1-4H3;2*1H4. The highest BCUT2D eigenvalue weighted by molar-refractivity contribution is 5.81. The molecule has 11 heteroatoms. The van der Waals surface area contributed by atoms with Crippen LogP contribution in [0.25, 0.3) is 0 Å². The maximum absolute atomic E-state index is 13.8. The van der Waals surface area contributed by atoms with E-state index in [2.05, 4.69) is 167 Å². The zero-order chi connectivity index (χ0) is 49.5. The molecule has 2 saturated carbocycles. The van der Waals surface area contributed by atoms with Gasteiger partial charge in [-0.25, -0.2) is 4.39 Å². The molecule has 66 heavy (non-hydrogen) atoms. The number of piperidine rings is 2. The normalized spacial score (nSPS) is 26.4. The zero-order valence-corrected chi connectivity index (χ0v) is 46.3. The number of rotatable bonds is 2. The van der Waals surface area contributed by atoms with E-state index in [1.165, 1.54) is 77.4 Å². The summed E-state index contributed by atoms with van der Waals surface area (Å²) in [7, 11) is 2.22. The van der Waals surface area contributed by atoms with Crippen molar-refractivity contribution >= 4 is 5.91 Å². The molecule has 4 atom stereocenters. The van der Waals surface area contributed by atoms with Gasteiger partial charge in [0.05, 0.1) is 0 Å². The molecule has 10 nitrogen and oxygen atoms in total. The fourth-order valence-corrected chi connectivity index (χ4v) is 9.18. The molecule has 4 saturated heterocycles. The Balaban J connectivity index is 0. The highest BCUT2D eigenvalue weighted by Crippen LogP contribution is 2.32. The van der Waals surface area contributed by atoms with Crippen LogP contribution in [0.4, 0.5) is 4.39 Å². The fraction of sp³-hybridized carbons (Fsp3) is 0.982. The fourth-order valence-electron chi connectivity index (χ4n) is 9.18. The monoisotopic (exact) mass is 942 g/mol. The van der Waals surface area contributed by atoms with Crippen LogP contribution in [0.5, 0.6) is 0 Å². The number of nitrogens with one attached hydrogen (secondary N) is 3. The largest absolute Gasteiger partial charge is 0.356 e. The number of alkyl halides is 1. The van der Waals surface area contributed by atoms with E-state index in [0.717, 1.165) is 51.2 Å². The lowest BCUT2D eigenvalue weighted by molar-refractivity contribution is -0.125. The van der Waals surface area contributed by atoms with Crippen molar-refractivity contribution in [3.05, 3.63) is 0 Å². The van der Waals surface area contributed by atoms with Gasteiger partial charge < -0.3 is 27.4 Å². The minimum absolute atomic E-state index is 0. The number of halogens is 1. The van der Waals surface area contributed by atoms with Crippen LogP contribution >= 0.6 is 0 Å². The van der Waals surface area contributed by atoms with E-state index in [0.29, 0.717) is 41.2 Å². The molecule has 6 fully saturated rings. The van der Waals surface area contributed by atoms with Gasteiger partial charge in [-0.05, 0) is 181 Å². The third-order valence-electron chi connectivity index (χ3n) is 13.6. The number of carbonyl (C=O) groups excluding carboxylic acids is 1. The number of nitrogens with two attached hydrogens (primary N) is 2. The maximum Gasteiger partial charge on any atom is 0.223 e. The van der Waals surface area contributed by atoms with Crippen molar-refractivity contribution < 1.29 is 9.18 Å². The summed E-state index contributed by atoms with van der Waals surface area (Å²) in [6, 6.07) is 2.07. The Kier molecular flexibility index (Phi) is 29.3. The van der Waals surface area contributed by atoms with Gasteiger partial charge in [-0.15, -0.1) is 0 Å². The first kappa shape index (κ1) is 67.2. The average Bonchev–Trinajstić information content (AvgIpc) is 3.88. The van der Waals surface area contributed by atoms with Gasteiger partial charge in [-0.3, -0.25) is 24.4 Å². The van der Waals surface area contributed by atoms with Crippen LogP contribution < -0.4 is 27.4 Å². The molecule has 0 radical (unpaired) electrons. The van der Waals surface area contributed by atoms with Gasteiger partial charge in [-0.1, -0.05) is 54.9 Å². The van der Waals surface area contributed by atoms with E-state index < -0.39 is 5.67 Å². The quantitative estimate of drug-likeness (QED) is 0.184. The molecular formula is C55H120FN9O. The van der Waals surface area contributed by atoms with E-state index >= 15 is 0 Å². The molecule has 7 N–H and O–H groups in total. The molecule has 4 unspecified atom stereocenters. The molecule has 0 aromatic carbocycles. The van der Waals surface area contributed by atoms with E-state index in [1.54, 1.807) is 6.92 Å². The summed E-state index contributed by atoms with van der Waals surface area (Å²) < 4.78 is 13.8. The van der Waals surface area contributed by atoms with Gasteiger partial charge >= 0.3 is 0 Å². The Morgan fingerprint density at radius 2 is 1.12 bits per heavy atom. The van der Waals surface area contributed by atoms with Gasteiger partial charge in [-0.2, -0.15) is 0 Å². The van der Waals surface area contributed by atoms with Crippen molar-refractivity contribution in [2.75, 3.05) is 66.0 Å². The third kappa shape index (κ3) is 29.3. The Hall–Kier alpha value is -0.920. The van der Waals surface area contributed by atoms with Gasteiger partial charge in [0, 0.05) is 110 Å². The smallest absolute Gasteiger partial charge is 0.223 e. The molecule has 4 aliphatic heterocycles. The number of piperazine rings is 1. The summed E-state index contributed by atoms with van der Waals surface area (Å²) in [5.74, 6) is 0.458. The van der Waals surface area contributed by atoms with Gasteiger partial charge in [0.25, 0.3) is 0 Å².